The Morgan fingerprint density at radius 3 is 2.23 bits per heavy atom. The molecule has 4 unspecified atom stereocenters. The SMILES string of the molecule is CC1C(O)CC(CO)OC1O.[Ac].[Ac]. The smallest absolute Gasteiger partial charge is 0.160 e. The number of aliphatic hydroxyl groups excluding tert-OH is 3. The Bertz CT molecular complexity index is 124. The summed E-state index contributed by atoms with van der Waals surface area (Å²) in [6.07, 6.45) is -1.54. The molecule has 1 rings (SSSR count). The zero-order valence-corrected chi connectivity index (χ0v) is 17.1. The summed E-state index contributed by atoms with van der Waals surface area (Å²) >= 11 is 0. The summed E-state index contributed by atoms with van der Waals surface area (Å²) in [4.78, 5) is 0. The number of hydrogen-bond donors (Lipinski definition) is 3. The number of ether oxygens (including phenoxy) is 1. The van der Waals surface area contributed by atoms with Crippen LogP contribution in [0.1, 0.15) is 13.3 Å². The van der Waals surface area contributed by atoms with Crippen molar-refractivity contribution in [3.63, 3.8) is 0 Å². The van der Waals surface area contributed by atoms with Gasteiger partial charge in [0.2, 0.25) is 0 Å². The summed E-state index contributed by atoms with van der Waals surface area (Å²) in [7, 11) is 0. The molecule has 0 aromatic rings. The average molecular weight is 616 g/mol. The molecule has 2 radical (unpaired) electrons. The molecule has 6 heteroatoms. The Kier molecular flexibility index (Phi) is 12.3. The van der Waals surface area contributed by atoms with Crippen LogP contribution in [0.25, 0.3) is 0 Å². The van der Waals surface area contributed by atoms with E-state index in [2.05, 4.69) is 0 Å². The molecule has 0 aliphatic carbocycles. The van der Waals surface area contributed by atoms with Crippen molar-refractivity contribution in [3.05, 3.63) is 0 Å². The summed E-state index contributed by atoms with van der Waals surface area (Å²) < 4.78 is 4.96. The molecule has 3 N–H and O–H groups in total. The van der Waals surface area contributed by atoms with Crippen molar-refractivity contribution < 1.29 is 108 Å². The summed E-state index contributed by atoms with van der Waals surface area (Å²) in [5.74, 6) is -0.266. The number of aliphatic hydroxyl groups is 3. The van der Waals surface area contributed by atoms with E-state index in [9.17, 15) is 5.11 Å². The van der Waals surface area contributed by atoms with Crippen LogP contribution in [0.2, 0.25) is 0 Å². The predicted molar refractivity (Wildman–Crippen MR) is 37.8 cm³/mol. The molecule has 0 bridgehead atoms. The average Bonchev–Trinajstić information content (AvgIpc) is 1.99. The van der Waals surface area contributed by atoms with Gasteiger partial charge in [0.15, 0.2) is 6.29 Å². The standard InChI is InChI=1S/C7H14O4.2Ac/c1-4-6(9)2-5(3-8)11-7(4)10;;/h4-10H,2-3H2,1H3;;. The summed E-state index contributed by atoms with van der Waals surface area (Å²) in [6.45, 7) is 1.56. The van der Waals surface area contributed by atoms with Gasteiger partial charge >= 0.3 is 0 Å². The normalized spacial score (nSPS) is 38.8. The molecule has 1 heterocycles. The van der Waals surface area contributed by atoms with E-state index in [1.165, 1.54) is 0 Å². The van der Waals surface area contributed by atoms with Crippen LogP contribution < -0.4 is 0 Å². The molecule has 1 saturated heterocycles. The molecule has 0 spiro atoms. The monoisotopic (exact) mass is 616 g/mol. The summed E-state index contributed by atoms with van der Waals surface area (Å²) in [5, 5.41) is 27.1. The fraction of sp³-hybridized carbons (Fsp3) is 1.00. The van der Waals surface area contributed by atoms with E-state index in [4.69, 9.17) is 14.9 Å². The maximum absolute atomic E-state index is 9.30. The molecule has 0 amide bonds. The van der Waals surface area contributed by atoms with Crippen LogP contribution in [0.5, 0.6) is 0 Å². The molecule has 13 heavy (non-hydrogen) atoms. The molecule has 4 atom stereocenters. The van der Waals surface area contributed by atoms with Crippen molar-refractivity contribution in [2.45, 2.75) is 31.8 Å². The minimum Gasteiger partial charge on any atom is -0.394 e. The number of rotatable bonds is 1. The van der Waals surface area contributed by atoms with Crippen molar-refractivity contribution in [2.75, 3.05) is 6.61 Å². The van der Waals surface area contributed by atoms with Crippen molar-refractivity contribution in [1.82, 2.24) is 0 Å². The minimum atomic E-state index is -0.948. The number of hydrogen-bond acceptors (Lipinski definition) is 4. The molecular formula is C7H14Ac2O4. The van der Waals surface area contributed by atoms with E-state index in [0.29, 0.717) is 6.42 Å². The van der Waals surface area contributed by atoms with Gasteiger partial charge in [-0.15, -0.1) is 0 Å². The first-order valence-corrected chi connectivity index (χ1v) is 3.77. The van der Waals surface area contributed by atoms with Crippen molar-refractivity contribution in [3.8, 4) is 0 Å². The Morgan fingerprint density at radius 1 is 1.31 bits per heavy atom. The third kappa shape index (κ3) is 5.55. The first-order valence-electron chi connectivity index (χ1n) is 3.77. The van der Waals surface area contributed by atoms with Gasteiger partial charge in [-0.3, -0.25) is 0 Å². The van der Waals surface area contributed by atoms with E-state index >= 15 is 0 Å². The van der Waals surface area contributed by atoms with Crippen LogP contribution in [-0.4, -0.2) is 40.4 Å². The van der Waals surface area contributed by atoms with Gasteiger partial charge in [0.1, 0.15) is 0 Å². The van der Waals surface area contributed by atoms with Crippen molar-refractivity contribution >= 4 is 0 Å². The van der Waals surface area contributed by atoms with E-state index in [-0.39, 0.29) is 101 Å². The second-order valence-electron chi connectivity index (χ2n) is 2.99. The van der Waals surface area contributed by atoms with Gasteiger partial charge in [0, 0.05) is 100 Å². The molecule has 0 aromatic carbocycles. The molecule has 1 aliphatic rings. The second kappa shape index (κ2) is 8.83. The third-order valence-corrected chi connectivity index (χ3v) is 2.10. The second-order valence-corrected chi connectivity index (χ2v) is 2.99. The molecular weight excluding hydrogens is 602 g/mol. The van der Waals surface area contributed by atoms with E-state index in [0.717, 1.165) is 0 Å². The van der Waals surface area contributed by atoms with Gasteiger partial charge in [0.05, 0.1) is 18.8 Å². The molecule has 1 aliphatic heterocycles. The zero-order valence-electron chi connectivity index (χ0n) is 7.63. The van der Waals surface area contributed by atoms with Crippen molar-refractivity contribution in [2.24, 2.45) is 5.92 Å². The quantitative estimate of drug-likeness (QED) is 0.357. The van der Waals surface area contributed by atoms with Gasteiger partial charge < -0.3 is 20.1 Å². The fourth-order valence-electron chi connectivity index (χ4n) is 1.17. The van der Waals surface area contributed by atoms with E-state index in [1.807, 2.05) is 0 Å². The maximum atomic E-state index is 9.30. The van der Waals surface area contributed by atoms with Crippen LogP contribution in [0.4, 0.5) is 0 Å². The molecule has 4 nitrogen and oxygen atoms in total. The first kappa shape index (κ1) is 18.1. The summed E-state index contributed by atoms with van der Waals surface area (Å²) in [6, 6.07) is 0. The Morgan fingerprint density at radius 2 is 1.85 bits per heavy atom. The third-order valence-electron chi connectivity index (χ3n) is 2.10. The largest absolute Gasteiger partial charge is 0.394 e. The molecule has 72 valence electrons. The van der Waals surface area contributed by atoms with Crippen LogP contribution >= 0.6 is 0 Å². The van der Waals surface area contributed by atoms with Gasteiger partial charge in [-0.2, -0.15) is 0 Å². The molecule has 1 fully saturated rings. The Labute approximate surface area is 150 Å². The van der Waals surface area contributed by atoms with Crippen LogP contribution in [0.3, 0.4) is 0 Å². The predicted octanol–water partition coefficient (Wildman–Crippen LogP) is -0.917. The minimum absolute atomic E-state index is 0. The summed E-state index contributed by atoms with van der Waals surface area (Å²) in [5.41, 5.74) is 0. The first-order chi connectivity index (χ1) is 5.15. The van der Waals surface area contributed by atoms with Crippen LogP contribution in [0.15, 0.2) is 0 Å². The van der Waals surface area contributed by atoms with Gasteiger partial charge in [-0.05, 0) is 0 Å². The molecule has 0 aromatic heterocycles. The Hall–Kier alpha value is 2.72. The van der Waals surface area contributed by atoms with Crippen LogP contribution in [0, 0.1) is 94.0 Å². The van der Waals surface area contributed by atoms with E-state index < -0.39 is 18.5 Å². The van der Waals surface area contributed by atoms with Gasteiger partial charge in [-0.1, -0.05) is 6.92 Å². The van der Waals surface area contributed by atoms with Gasteiger partial charge in [0.25, 0.3) is 0 Å². The zero-order chi connectivity index (χ0) is 8.43. The van der Waals surface area contributed by atoms with E-state index in [1.54, 1.807) is 6.92 Å². The van der Waals surface area contributed by atoms with Crippen molar-refractivity contribution in [1.29, 1.82) is 0 Å². The van der Waals surface area contributed by atoms with Gasteiger partial charge in [-0.25, -0.2) is 0 Å². The maximum Gasteiger partial charge on any atom is 0.160 e. The topological polar surface area (TPSA) is 69.9 Å². The molecule has 0 saturated carbocycles. The fourth-order valence-corrected chi connectivity index (χ4v) is 1.17. The van der Waals surface area contributed by atoms with Crippen LogP contribution in [-0.2, 0) is 4.74 Å². The Balaban J connectivity index is 0.